The van der Waals surface area contributed by atoms with E-state index in [2.05, 4.69) is 21.8 Å². The molecule has 0 spiro atoms. The Labute approximate surface area is 102 Å². The Hall–Kier alpha value is -1.86. The van der Waals surface area contributed by atoms with Crippen LogP contribution in [-0.4, -0.2) is 16.5 Å². The van der Waals surface area contributed by atoms with Gasteiger partial charge in [0.2, 0.25) is 5.95 Å². The summed E-state index contributed by atoms with van der Waals surface area (Å²) in [6.45, 7) is 6.23. The van der Waals surface area contributed by atoms with Crippen molar-refractivity contribution in [2.75, 3.05) is 12.3 Å². The molecule has 0 saturated carbocycles. The van der Waals surface area contributed by atoms with E-state index in [-0.39, 0.29) is 0 Å². The number of allylic oxidation sites excluding steroid dienone is 2. The van der Waals surface area contributed by atoms with Gasteiger partial charge in [-0.25, -0.2) is 9.97 Å². The first-order valence-corrected chi connectivity index (χ1v) is 5.62. The van der Waals surface area contributed by atoms with Gasteiger partial charge in [0, 0.05) is 11.1 Å². The fourth-order valence-corrected chi connectivity index (χ4v) is 1.69. The van der Waals surface area contributed by atoms with Crippen molar-refractivity contribution in [3.8, 4) is 11.8 Å². The van der Waals surface area contributed by atoms with Crippen LogP contribution in [-0.2, 0) is 6.42 Å². The molecule has 4 N–H and O–H groups in total. The largest absolute Gasteiger partial charge is 0.368 e. The molecular weight excluding hydrogens is 212 g/mol. The lowest BCUT2D eigenvalue weighted by Gasteiger charge is -2.10. The molecule has 1 rings (SSSR count). The van der Waals surface area contributed by atoms with Crippen molar-refractivity contribution >= 4 is 11.5 Å². The summed E-state index contributed by atoms with van der Waals surface area (Å²) in [4.78, 5) is 8.44. The number of nitrogens with zero attached hydrogens (tertiary/aromatic N) is 2. The lowest BCUT2D eigenvalue weighted by molar-refractivity contribution is 0.976. The van der Waals surface area contributed by atoms with Crippen molar-refractivity contribution in [3.05, 3.63) is 23.0 Å². The van der Waals surface area contributed by atoms with Crippen molar-refractivity contribution in [2.24, 2.45) is 5.73 Å². The second-order valence-electron chi connectivity index (χ2n) is 3.55. The van der Waals surface area contributed by atoms with Gasteiger partial charge in [-0.3, -0.25) is 0 Å². The van der Waals surface area contributed by atoms with Gasteiger partial charge in [0.15, 0.2) is 0 Å². The van der Waals surface area contributed by atoms with Crippen molar-refractivity contribution in [1.82, 2.24) is 9.97 Å². The number of rotatable bonds is 2. The topological polar surface area (TPSA) is 77.8 Å². The smallest absolute Gasteiger partial charge is 0.220 e. The fourth-order valence-electron chi connectivity index (χ4n) is 1.69. The van der Waals surface area contributed by atoms with Crippen LogP contribution in [0.1, 0.15) is 30.8 Å². The van der Waals surface area contributed by atoms with E-state index in [1.807, 2.05) is 26.8 Å². The van der Waals surface area contributed by atoms with Crippen LogP contribution in [0.15, 0.2) is 6.08 Å². The minimum Gasteiger partial charge on any atom is -0.368 e. The number of anilines is 1. The zero-order valence-electron chi connectivity index (χ0n) is 10.5. The van der Waals surface area contributed by atoms with E-state index < -0.39 is 0 Å². The molecule has 4 nitrogen and oxygen atoms in total. The third kappa shape index (κ3) is 3.05. The first-order chi connectivity index (χ1) is 8.13. The van der Waals surface area contributed by atoms with Gasteiger partial charge in [0.1, 0.15) is 0 Å². The molecule has 17 heavy (non-hydrogen) atoms. The maximum Gasteiger partial charge on any atom is 0.220 e. The van der Waals surface area contributed by atoms with Gasteiger partial charge in [0.05, 0.1) is 17.9 Å². The molecule has 0 radical (unpaired) electrons. The number of hydrogen-bond donors (Lipinski definition) is 2. The molecule has 0 amide bonds. The standard InChI is InChI=1S/C13H18N4/c1-4-10(7-6-8-14)12-9(3)16-13(15)17-11(12)5-2/h4H,5,8,14H2,1-3H3,(H2,15,16,17)/b10-4-. The van der Waals surface area contributed by atoms with Crippen molar-refractivity contribution in [1.29, 1.82) is 0 Å². The summed E-state index contributed by atoms with van der Waals surface area (Å²) in [5.41, 5.74) is 14.7. The van der Waals surface area contributed by atoms with Gasteiger partial charge < -0.3 is 11.5 Å². The van der Waals surface area contributed by atoms with Crippen molar-refractivity contribution < 1.29 is 0 Å². The zero-order chi connectivity index (χ0) is 12.8. The molecule has 0 aliphatic rings. The maximum atomic E-state index is 5.65. The molecule has 1 heterocycles. The van der Waals surface area contributed by atoms with E-state index in [0.29, 0.717) is 12.5 Å². The third-order valence-corrected chi connectivity index (χ3v) is 2.40. The molecule has 0 aliphatic carbocycles. The highest BCUT2D eigenvalue weighted by Crippen LogP contribution is 2.21. The van der Waals surface area contributed by atoms with E-state index in [9.17, 15) is 0 Å². The zero-order valence-corrected chi connectivity index (χ0v) is 10.5. The van der Waals surface area contributed by atoms with Gasteiger partial charge >= 0.3 is 0 Å². The second-order valence-corrected chi connectivity index (χ2v) is 3.55. The highest BCUT2D eigenvalue weighted by Gasteiger charge is 2.11. The predicted octanol–water partition coefficient (Wildman–Crippen LogP) is 1.30. The normalized spacial score (nSPS) is 10.9. The lowest BCUT2D eigenvalue weighted by Crippen LogP contribution is -2.06. The summed E-state index contributed by atoms with van der Waals surface area (Å²) in [5.74, 6) is 6.21. The fraction of sp³-hybridized carbons (Fsp3) is 0.385. The van der Waals surface area contributed by atoms with E-state index in [4.69, 9.17) is 11.5 Å². The molecule has 0 aromatic carbocycles. The minimum atomic E-state index is 0.310. The van der Waals surface area contributed by atoms with Crippen LogP contribution < -0.4 is 11.5 Å². The highest BCUT2D eigenvalue weighted by atomic mass is 15.0. The monoisotopic (exact) mass is 230 g/mol. The van der Waals surface area contributed by atoms with E-state index >= 15 is 0 Å². The Balaban J connectivity index is 3.38. The van der Waals surface area contributed by atoms with Crippen molar-refractivity contribution in [2.45, 2.75) is 27.2 Å². The Morgan fingerprint density at radius 3 is 2.65 bits per heavy atom. The van der Waals surface area contributed by atoms with Gasteiger partial charge in [-0.1, -0.05) is 24.8 Å². The molecule has 0 bridgehead atoms. The Morgan fingerprint density at radius 1 is 1.41 bits per heavy atom. The molecule has 4 heteroatoms. The minimum absolute atomic E-state index is 0.310. The summed E-state index contributed by atoms with van der Waals surface area (Å²) in [5, 5.41) is 0. The highest BCUT2D eigenvalue weighted by molar-refractivity contribution is 5.81. The molecule has 0 aliphatic heterocycles. The summed E-state index contributed by atoms with van der Waals surface area (Å²) < 4.78 is 0. The maximum absolute atomic E-state index is 5.65. The number of hydrogen-bond acceptors (Lipinski definition) is 4. The number of aromatic nitrogens is 2. The number of nitrogens with two attached hydrogens (primary N) is 2. The van der Waals surface area contributed by atoms with E-state index in [0.717, 1.165) is 28.9 Å². The predicted molar refractivity (Wildman–Crippen MR) is 71.0 cm³/mol. The summed E-state index contributed by atoms with van der Waals surface area (Å²) >= 11 is 0. The first kappa shape index (κ1) is 13.2. The number of aryl methyl sites for hydroxylation is 2. The molecule has 1 aromatic rings. The quantitative estimate of drug-likeness (QED) is 0.751. The Bertz CT molecular complexity index is 492. The molecule has 0 atom stereocenters. The van der Waals surface area contributed by atoms with Crippen LogP contribution in [0.4, 0.5) is 5.95 Å². The lowest BCUT2D eigenvalue weighted by atomic mass is 10.0. The van der Waals surface area contributed by atoms with Crippen LogP contribution in [0.2, 0.25) is 0 Å². The SMILES string of the molecule is C/C=C(/C#CCN)c1c(C)nc(N)nc1CC. The van der Waals surface area contributed by atoms with Gasteiger partial charge in [-0.05, 0) is 20.3 Å². The molecule has 0 unspecified atom stereocenters. The van der Waals surface area contributed by atoms with E-state index in [1.54, 1.807) is 0 Å². The van der Waals surface area contributed by atoms with Crippen LogP contribution in [0, 0.1) is 18.8 Å². The number of nitrogen functional groups attached to an aromatic ring is 1. The van der Waals surface area contributed by atoms with Crippen LogP contribution >= 0.6 is 0 Å². The Kier molecular flexibility index (Phi) is 4.68. The average Bonchev–Trinajstić information content (AvgIpc) is 2.31. The molecule has 1 aromatic heterocycles. The van der Waals surface area contributed by atoms with Gasteiger partial charge in [-0.15, -0.1) is 0 Å². The summed E-state index contributed by atoms with van der Waals surface area (Å²) in [7, 11) is 0. The van der Waals surface area contributed by atoms with Crippen LogP contribution in [0.5, 0.6) is 0 Å². The third-order valence-electron chi connectivity index (χ3n) is 2.40. The molecule has 90 valence electrons. The van der Waals surface area contributed by atoms with Crippen LogP contribution in [0.25, 0.3) is 5.57 Å². The van der Waals surface area contributed by atoms with Crippen LogP contribution in [0.3, 0.4) is 0 Å². The summed E-state index contributed by atoms with van der Waals surface area (Å²) in [6.07, 6.45) is 2.74. The van der Waals surface area contributed by atoms with Gasteiger partial charge in [0.25, 0.3) is 0 Å². The summed E-state index contributed by atoms with van der Waals surface area (Å²) in [6, 6.07) is 0. The molecule has 0 fully saturated rings. The average molecular weight is 230 g/mol. The first-order valence-electron chi connectivity index (χ1n) is 5.62. The second kappa shape index (κ2) is 6.02. The molecule has 0 saturated heterocycles. The molecular formula is C13H18N4. The van der Waals surface area contributed by atoms with E-state index in [1.165, 1.54) is 0 Å². The van der Waals surface area contributed by atoms with Crippen molar-refractivity contribution in [3.63, 3.8) is 0 Å². The Morgan fingerprint density at radius 2 is 2.12 bits per heavy atom. The van der Waals surface area contributed by atoms with Gasteiger partial charge in [-0.2, -0.15) is 0 Å².